The zero-order valence-electron chi connectivity index (χ0n) is 19.6. The molecule has 2 aromatic carbocycles. The third-order valence-electron chi connectivity index (χ3n) is 5.99. The second-order valence-electron chi connectivity index (χ2n) is 8.47. The molecular weight excluding hydrogens is 416 g/mol. The van der Waals surface area contributed by atoms with Crippen molar-refractivity contribution in [2.45, 2.75) is 57.4 Å². The van der Waals surface area contributed by atoms with Gasteiger partial charge in [0.2, 0.25) is 11.8 Å². The summed E-state index contributed by atoms with van der Waals surface area (Å²) in [5, 5.41) is 8.64. The van der Waals surface area contributed by atoms with Crippen molar-refractivity contribution in [3.05, 3.63) is 59.7 Å². The lowest BCUT2D eigenvalue weighted by atomic mass is 9.99. The maximum absolute atomic E-state index is 12.6. The van der Waals surface area contributed by atoms with E-state index < -0.39 is 11.9 Å². The highest BCUT2D eigenvalue weighted by atomic mass is 16.5. The number of rotatable bonds is 15. The molecule has 0 radical (unpaired) electrons. The van der Waals surface area contributed by atoms with Crippen molar-refractivity contribution >= 4 is 11.8 Å². The number of likely N-dealkylation sites (N-methyl/N-ethyl adjacent to an activating group) is 1. The molecule has 2 amide bonds. The summed E-state index contributed by atoms with van der Waals surface area (Å²) < 4.78 is 0. The van der Waals surface area contributed by atoms with Gasteiger partial charge in [-0.15, -0.1) is 0 Å². The van der Waals surface area contributed by atoms with Crippen LogP contribution in [0.4, 0.5) is 0 Å². The quantitative estimate of drug-likeness (QED) is 0.243. The molecule has 2 rings (SSSR count). The number of nitrogens with two attached hydrogens (primary N) is 2. The van der Waals surface area contributed by atoms with Crippen LogP contribution in [0.5, 0.6) is 0 Å². The Bertz CT molecular complexity index is 853. The molecule has 2 aromatic rings. The van der Waals surface area contributed by atoms with E-state index in [1.54, 1.807) is 7.05 Å². The highest BCUT2D eigenvalue weighted by Crippen LogP contribution is 2.21. The molecule has 0 aliphatic carbocycles. The maximum Gasteiger partial charge on any atom is 0.240 e. The first-order valence-electron chi connectivity index (χ1n) is 11.8. The number of aryl methyl sites for hydroxylation is 2. The van der Waals surface area contributed by atoms with Crippen molar-refractivity contribution in [2.24, 2.45) is 11.5 Å². The van der Waals surface area contributed by atoms with E-state index >= 15 is 0 Å². The van der Waals surface area contributed by atoms with Gasteiger partial charge < -0.3 is 21.6 Å². The van der Waals surface area contributed by atoms with Crippen molar-refractivity contribution in [3.8, 4) is 11.1 Å². The largest absolute Gasteiger partial charge is 0.368 e. The predicted octanol–water partition coefficient (Wildman–Crippen LogP) is 3.03. The maximum atomic E-state index is 12.6. The average Bonchev–Trinajstić information content (AvgIpc) is 2.83. The Morgan fingerprint density at radius 2 is 1.48 bits per heavy atom. The topological polar surface area (TPSA) is 122 Å². The zero-order valence-corrected chi connectivity index (χ0v) is 19.6. The minimum Gasteiger partial charge on any atom is -0.368 e. The SMILES string of the molecule is CN(C(=O)CCc1ccc(-c2ccc(CCCCN)cc2)cc1)[C@@H](CCCCNO)C(N)=O. The number of hydrogen-bond acceptors (Lipinski definition) is 5. The number of unbranched alkanes of at least 4 members (excludes halogenated alkanes) is 2. The van der Waals surface area contributed by atoms with E-state index in [-0.39, 0.29) is 5.91 Å². The summed E-state index contributed by atoms with van der Waals surface area (Å²) in [6.45, 7) is 1.18. The number of nitrogens with one attached hydrogen (secondary N) is 1. The molecule has 0 unspecified atom stereocenters. The number of amides is 2. The third-order valence-corrected chi connectivity index (χ3v) is 5.99. The van der Waals surface area contributed by atoms with Crippen molar-refractivity contribution < 1.29 is 14.8 Å². The number of carbonyl (C=O) groups excluding carboxylic acids is 2. The molecule has 7 nitrogen and oxygen atoms in total. The number of hydrogen-bond donors (Lipinski definition) is 4. The third kappa shape index (κ3) is 8.96. The van der Waals surface area contributed by atoms with Crippen molar-refractivity contribution in [1.29, 1.82) is 0 Å². The Morgan fingerprint density at radius 3 is 2.00 bits per heavy atom. The smallest absolute Gasteiger partial charge is 0.240 e. The van der Waals surface area contributed by atoms with Crippen LogP contribution in [0.15, 0.2) is 48.5 Å². The monoisotopic (exact) mass is 454 g/mol. The lowest BCUT2D eigenvalue weighted by Gasteiger charge is -2.26. The molecule has 0 saturated carbocycles. The van der Waals surface area contributed by atoms with Crippen LogP contribution < -0.4 is 16.9 Å². The van der Waals surface area contributed by atoms with Crippen molar-refractivity contribution in [3.63, 3.8) is 0 Å². The van der Waals surface area contributed by atoms with Crippen molar-refractivity contribution in [1.82, 2.24) is 10.4 Å². The molecule has 1 atom stereocenters. The van der Waals surface area contributed by atoms with Crippen LogP contribution in [-0.4, -0.2) is 48.1 Å². The number of hydroxylamine groups is 1. The summed E-state index contributed by atoms with van der Waals surface area (Å²) in [6, 6.07) is 16.3. The molecule has 0 aromatic heterocycles. The van der Waals surface area contributed by atoms with Crippen LogP contribution in [0, 0.1) is 0 Å². The molecule has 0 heterocycles. The van der Waals surface area contributed by atoms with E-state index in [0.29, 0.717) is 38.6 Å². The minimum atomic E-state index is -0.628. The summed E-state index contributed by atoms with van der Waals surface area (Å²) in [5.74, 6) is -0.606. The Morgan fingerprint density at radius 1 is 0.909 bits per heavy atom. The molecule has 0 spiro atoms. The Hall–Kier alpha value is -2.74. The van der Waals surface area contributed by atoms with Gasteiger partial charge in [-0.1, -0.05) is 48.5 Å². The van der Waals surface area contributed by atoms with Gasteiger partial charge in [-0.05, 0) is 73.7 Å². The van der Waals surface area contributed by atoms with Gasteiger partial charge in [0.05, 0.1) is 0 Å². The first-order chi connectivity index (χ1) is 16.0. The van der Waals surface area contributed by atoms with Gasteiger partial charge in [-0.25, -0.2) is 5.48 Å². The fourth-order valence-electron chi connectivity index (χ4n) is 3.87. The van der Waals surface area contributed by atoms with Crippen molar-refractivity contribution in [2.75, 3.05) is 20.1 Å². The number of carbonyl (C=O) groups is 2. The van der Waals surface area contributed by atoms with E-state index in [4.69, 9.17) is 16.7 Å². The molecule has 180 valence electrons. The molecule has 0 fully saturated rings. The summed E-state index contributed by atoms with van der Waals surface area (Å²) in [4.78, 5) is 25.9. The average molecular weight is 455 g/mol. The van der Waals surface area contributed by atoms with Gasteiger partial charge in [0, 0.05) is 20.0 Å². The molecule has 6 N–H and O–H groups in total. The van der Waals surface area contributed by atoms with Crippen LogP contribution in [0.3, 0.4) is 0 Å². The number of primary amides is 1. The Labute approximate surface area is 197 Å². The summed E-state index contributed by atoms with van der Waals surface area (Å²) in [6.07, 6.45) is 6.00. The van der Waals surface area contributed by atoms with Gasteiger partial charge in [-0.3, -0.25) is 9.59 Å². The first-order valence-corrected chi connectivity index (χ1v) is 11.8. The molecule has 0 saturated heterocycles. The molecule has 0 aliphatic rings. The first kappa shape index (κ1) is 26.5. The second kappa shape index (κ2) is 14.4. The van der Waals surface area contributed by atoms with Crippen LogP contribution in [0.1, 0.15) is 49.7 Å². The fourth-order valence-corrected chi connectivity index (χ4v) is 3.87. The number of nitrogens with zero attached hydrogens (tertiary/aromatic N) is 1. The number of benzene rings is 2. The van der Waals surface area contributed by atoms with Gasteiger partial charge in [0.15, 0.2) is 0 Å². The predicted molar refractivity (Wildman–Crippen MR) is 132 cm³/mol. The summed E-state index contributed by atoms with van der Waals surface area (Å²) >= 11 is 0. The second-order valence-corrected chi connectivity index (χ2v) is 8.47. The lowest BCUT2D eigenvalue weighted by molar-refractivity contribution is -0.138. The van der Waals surface area contributed by atoms with E-state index in [9.17, 15) is 9.59 Å². The Kier molecular flexibility index (Phi) is 11.6. The van der Waals surface area contributed by atoms with E-state index in [1.165, 1.54) is 16.0 Å². The molecule has 0 bridgehead atoms. The molecule has 7 heteroatoms. The zero-order chi connectivity index (χ0) is 24.1. The van der Waals surface area contributed by atoms with Gasteiger partial charge in [-0.2, -0.15) is 0 Å². The van der Waals surface area contributed by atoms with Crippen LogP contribution in [-0.2, 0) is 22.4 Å². The van der Waals surface area contributed by atoms with Gasteiger partial charge in [0.1, 0.15) is 6.04 Å². The molecule has 33 heavy (non-hydrogen) atoms. The van der Waals surface area contributed by atoms with Crippen LogP contribution in [0.25, 0.3) is 11.1 Å². The summed E-state index contributed by atoms with van der Waals surface area (Å²) in [5.41, 5.74) is 17.9. The van der Waals surface area contributed by atoms with Gasteiger partial charge >= 0.3 is 0 Å². The van der Waals surface area contributed by atoms with E-state index in [1.807, 2.05) is 12.1 Å². The minimum absolute atomic E-state index is 0.103. The van der Waals surface area contributed by atoms with Crippen LogP contribution in [0.2, 0.25) is 0 Å². The lowest BCUT2D eigenvalue weighted by Crippen LogP contribution is -2.45. The summed E-state index contributed by atoms with van der Waals surface area (Å²) in [7, 11) is 1.63. The highest BCUT2D eigenvalue weighted by Gasteiger charge is 2.24. The Balaban J connectivity index is 1.87. The molecular formula is C26H38N4O3. The highest BCUT2D eigenvalue weighted by molar-refractivity contribution is 5.86. The van der Waals surface area contributed by atoms with E-state index in [0.717, 1.165) is 36.9 Å². The normalized spacial score (nSPS) is 11.8. The fraction of sp³-hybridized carbons (Fsp3) is 0.462. The molecule has 0 aliphatic heterocycles. The van der Waals surface area contributed by atoms with Gasteiger partial charge in [0.25, 0.3) is 0 Å². The standard InChI is InChI=1S/C26H38N4O3/c1-30(24(26(28)32)7-3-5-19-29-33)25(31)17-12-21-10-15-23(16-11-21)22-13-8-20(9-14-22)6-2-4-18-27/h8-11,13-16,24,29,33H,2-7,12,17-19,27H2,1H3,(H2,28,32)/t24-/m0/s1. The van der Waals surface area contributed by atoms with Crippen LogP contribution >= 0.6 is 0 Å². The van der Waals surface area contributed by atoms with E-state index in [2.05, 4.69) is 41.9 Å².